The first-order valence-corrected chi connectivity index (χ1v) is 6.43. The van der Waals surface area contributed by atoms with Gasteiger partial charge in [-0.05, 0) is 12.0 Å². The highest BCUT2D eigenvalue weighted by molar-refractivity contribution is 5.90. The van der Waals surface area contributed by atoms with E-state index in [0.29, 0.717) is 5.92 Å². The van der Waals surface area contributed by atoms with Gasteiger partial charge in [0.25, 0.3) is 0 Å². The Hall–Kier alpha value is -1.83. The first kappa shape index (κ1) is 12.6. The van der Waals surface area contributed by atoms with Crippen LogP contribution in [0.2, 0.25) is 0 Å². The van der Waals surface area contributed by atoms with Crippen molar-refractivity contribution >= 4 is 5.84 Å². The molecule has 1 heterocycles. The third kappa shape index (κ3) is 2.70. The molecule has 18 heavy (non-hydrogen) atoms. The quantitative estimate of drug-likeness (QED) is 0.697. The van der Waals surface area contributed by atoms with Crippen molar-refractivity contribution in [1.29, 1.82) is 0 Å². The van der Waals surface area contributed by atoms with Crippen molar-refractivity contribution in [1.82, 2.24) is 4.90 Å². The first-order chi connectivity index (χ1) is 8.86. The van der Waals surface area contributed by atoms with E-state index in [0.717, 1.165) is 26.1 Å². The van der Waals surface area contributed by atoms with Crippen molar-refractivity contribution in [2.45, 2.75) is 12.3 Å². The molecule has 0 N–H and O–H groups in total. The molecule has 0 fully saturated rings. The molecule has 0 bridgehead atoms. The fourth-order valence-corrected chi connectivity index (χ4v) is 2.41. The number of allylic oxidation sites excluding steroid dienone is 1. The van der Waals surface area contributed by atoms with Gasteiger partial charge in [0.15, 0.2) is 0 Å². The second kappa shape index (κ2) is 6.20. The van der Waals surface area contributed by atoms with Gasteiger partial charge in [-0.1, -0.05) is 42.5 Å². The van der Waals surface area contributed by atoms with Crippen molar-refractivity contribution in [3.8, 4) is 0 Å². The number of benzene rings is 1. The molecule has 1 atom stereocenters. The molecular weight excluding hydrogens is 220 g/mol. The molecule has 1 aromatic carbocycles. The van der Waals surface area contributed by atoms with Crippen LogP contribution in [0.4, 0.5) is 0 Å². The van der Waals surface area contributed by atoms with E-state index in [1.807, 2.05) is 18.2 Å². The van der Waals surface area contributed by atoms with E-state index >= 15 is 0 Å². The number of amidine groups is 1. The number of hydrogen-bond acceptors (Lipinski definition) is 2. The fraction of sp³-hybridized carbons (Fsp3) is 0.312. The minimum absolute atomic E-state index is 0.325. The van der Waals surface area contributed by atoms with E-state index in [1.165, 1.54) is 11.4 Å². The SMILES string of the molecule is C=CCC(C1=NCCN1CC=C)c1ccccc1. The molecular formula is C16H20N2. The van der Waals surface area contributed by atoms with Gasteiger partial charge in [-0.2, -0.15) is 0 Å². The second-order valence-corrected chi connectivity index (χ2v) is 4.46. The first-order valence-electron chi connectivity index (χ1n) is 6.43. The second-order valence-electron chi connectivity index (χ2n) is 4.46. The topological polar surface area (TPSA) is 15.6 Å². The summed E-state index contributed by atoms with van der Waals surface area (Å²) in [4.78, 5) is 6.99. The van der Waals surface area contributed by atoms with Gasteiger partial charge in [0.2, 0.25) is 0 Å². The zero-order valence-electron chi connectivity index (χ0n) is 10.8. The lowest BCUT2D eigenvalue weighted by atomic mass is 9.94. The summed E-state index contributed by atoms with van der Waals surface area (Å²) in [6, 6.07) is 10.5. The largest absolute Gasteiger partial charge is 0.354 e. The van der Waals surface area contributed by atoms with E-state index in [2.05, 4.69) is 47.3 Å². The predicted octanol–water partition coefficient (Wildman–Crippen LogP) is 3.25. The van der Waals surface area contributed by atoms with E-state index in [4.69, 9.17) is 0 Å². The maximum atomic E-state index is 4.68. The molecule has 0 aliphatic carbocycles. The molecule has 1 aromatic rings. The van der Waals surface area contributed by atoms with E-state index < -0.39 is 0 Å². The Balaban J connectivity index is 2.25. The Bertz CT molecular complexity index is 434. The van der Waals surface area contributed by atoms with E-state index in [1.54, 1.807) is 0 Å². The van der Waals surface area contributed by atoms with Gasteiger partial charge in [0.05, 0.1) is 6.54 Å². The highest BCUT2D eigenvalue weighted by atomic mass is 15.2. The molecule has 1 aliphatic rings. The standard InChI is InChI=1S/C16H20N2/c1-3-8-15(14-9-6-5-7-10-14)16-17-11-13-18(16)12-4-2/h3-7,9-10,15H,1-2,8,11-13H2. The molecule has 0 radical (unpaired) electrons. The van der Waals surface area contributed by atoms with Gasteiger partial charge in [-0.3, -0.25) is 4.99 Å². The Morgan fingerprint density at radius 1 is 1.22 bits per heavy atom. The summed E-state index contributed by atoms with van der Waals surface area (Å²) in [6.07, 6.45) is 4.85. The van der Waals surface area contributed by atoms with Crippen LogP contribution in [-0.4, -0.2) is 30.4 Å². The van der Waals surface area contributed by atoms with Crippen LogP contribution in [0.15, 0.2) is 60.6 Å². The summed E-state index contributed by atoms with van der Waals surface area (Å²) in [6.45, 7) is 10.5. The number of aliphatic imine (C=N–C) groups is 1. The molecule has 1 unspecified atom stereocenters. The van der Waals surface area contributed by atoms with Crippen LogP contribution in [-0.2, 0) is 0 Å². The molecule has 0 saturated heterocycles. The lowest BCUT2D eigenvalue weighted by Gasteiger charge is -2.25. The highest BCUT2D eigenvalue weighted by Gasteiger charge is 2.24. The maximum Gasteiger partial charge on any atom is 0.107 e. The van der Waals surface area contributed by atoms with Gasteiger partial charge in [-0.25, -0.2) is 0 Å². The average molecular weight is 240 g/mol. The normalized spacial score (nSPS) is 16.2. The molecule has 0 spiro atoms. The van der Waals surface area contributed by atoms with Crippen LogP contribution < -0.4 is 0 Å². The monoisotopic (exact) mass is 240 g/mol. The third-order valence-electron chi connectivity index (χ3n) is 3.23. The zero-order valence-corrected chi connectivity index (χ0v) is 10.8. The summed E-state index contributed by atoms with van der Waals surface area (Å²) >= 11 is 0. The number of nitrogens with zero attached hydrogens (tertiary/aromatic N) is 2. The Labute approximate surface area is 109 Å². The van der Waals surface area contributed by atoms with Crippen LogP contribution in [0.1, 0.15) is 17.9 Å². The van der Waals surface area contributed by atoms with Crippen molar-refractivity contribution in [2.24, 2.45) is 4.99 Å². The van der Waals surface area contributed by atoms with Crippen LogP contribution >= 0.6 is 0 Å². The number of hydrogen-bond donors (Lipinski definition) is 0. The van der Waals surface area contributed by atoms with Gasteiger partial charge >= 0.3 is 0 Å². The molecule has 2 rings (SSSR count). The van der Waals surface area contributed by atoms with Crippen molar-refractivity contribution in [3.05, 3.63) is 61.2 Å². The summed E-state index contributed by atoms with van der Waals surface area (Å²) in [5.74, 6) is 1.51. The maximum absolute atomic E-state index is 4.68. The molecule has 0 amide bonds. The van der Waals surface area contributed by atoms with Crippen LogP contribution in [0.3, 0.4) is 0 Å². The minimum atomic E-state index is 0.325. The molecule has 2 nitrogen and oxygen atoms in total. The summed E-state index contributed by atoms with van der Waals surface area (Å²) in [7, 11) is 0. The molecule has 94 valence electrons. The summed E-state index contributed by atoms with van der Waals surface area (Å²) < 4.78 is 0. The van der Waals surface area contributed by atoms with Crippen LogP contribution in [0, 0.1) is 0 Å². The zero-order chi connectivity index (χ0) is 12.8. The summed E-state index contributed by atoms with van der Waals surface area (Å²) in [5, 5.41) is 0. The highest BCUT2D eigenvalue weighted by Crippen LogP contribution is 2.25. The van der Waals surface area contributed by atoms with Crippen LogP contribution in [0.25, 0.3) is 0 Å². The lowest BCUT2D eigenvalue weighted by Crippen LogP contribution is -2.32. The van der Waals surface area contributed by atoms with Crippen molar-refractivity contribution < 1.29 is 0 Å². The fourth-order valence-electron chi connectivity index (χ4n) is 2.41. The van der Waals surface area contributed by atoms with Gasteiger partial charge < -0.3 is 4.90 Å². The minimum Gasteiger partial charge on any atom is -0.354 e. The molecule has 2 heteroatoms. The lowest BCUT2D eigenvalue weighted by molar-refractivity contribution is 0.490. The van der Waals surface area contributed by atoms with Crippen molar-refractivity contribution in [2.75, 3.05) is 19.6 Å². The smallest absolute Gasteiger partial charge is 0.107 e. The van der Waals surface area contributed by atoms with E-state index in [9.17, 15) is 0 Å². The predicted molar refractivity (Wildman–Crippen MR) is 78.1 cm³/mol. The number of rotatable bonds is 6. The molecule has 1 aliphatic heterocycles. The van der Waals surface area contributed by atoms with Gasteiger partial charge in [0, 0.05) is 19.0 Å². The van der Waals surface area contributed by atoms with Gasteiger partial charge in [0.1, 0.15) is 5.84 Å². The molecule has 0 aromatic heterocycles. The molecule has 0 saturated carbocycles. The summed E-state index contributed by atoms with van der Waals surface area (Å²) in [5.41, 5.74) is 1.31. The third-order valence-corrected chi connectivity index (χ3v) is 3.23. The Morgan fingerprint density at radius 3 is 2.67 bits per heavy atom. The average Bonchev–Trinajstić information content (AvgIpc) is 2.85. The van der Waals surface area contributed by atoms with E-state index in [-0.39, 0.29) is 0 Å². The van der Waals surface area contributed by atoms with Crippen molar-refractivity contribution in [3.63, 3.8) is 0 Å². The Morgan fingerprint density at radius 2 is 2.00 bits per heavy atom. The van der Waals surface area contributed by atoms with Crippen LogP contribution in [0.5, 0.6) is 0 Å². The Kier molecular flexibility index (Phi) is 4.35. The van der Waals surface area contributed by atoms with Gasteiger partial charge in [-0.15, -0.1) is 13.2 Å².